The molecule has 0 unspecified atom stereocenters. The highest BCUT2D eigenvalue weighted by Crippen LogP contribution is 2.06. The van der Waals surface area contributed by atoms with E-state index in [2.05, 4.69) is 20.9 Å². The lowest BCUT2D eigenvalue weighted by Gasteiger charge is -1.96. The first kappa shape index (κ1) is 8.16. The van der Waals surface area contributed by atoms with Gasteiger partial charge in [-0.3, -0.25) is 10.2 Å². The zero-order valence-corrected chi connectivity index (χ0v) is 7.13. The first-order chi connectivity index (χ1) is 5.24. The molecule has 0 fully saturated rings. The van der Waals surface area contributed by atoms with Crippen molar-refractivity contribution in [2.45, 2.75) is 0 Å². The largest absolute Gasteiger partial charge is 0.289 e. The standard InChI is InChI=1S/C6H6BrN3O/c7-4-1-2-5(9-3-4)6(11)10-8/h1-3H,8H2,(H,10,11). The first-order valence-electron chi connectivity index (χ1n) is 2.86. The predicted octanol–water partition coefficient (Wildman–Crippen LogP) is 0.448. The van der Waals surface area contributed by atoms with E-state index in [0.717, 1.165) is 4.47 Å². The maximum atomic E-state index is 10.8. The van der Waals surface area contributed by atoms with Gasteiger partial charge in [-0.25, -0.2) is 10.8 Å². The van der Waals surface area contributed by atoms with Crippen LogP contribution < -0.4 is 11.3 Å². The fourth-order valence-electron chi connectivity index (χ4n) is 0.584. The lowest BCUT2D eigenvalue weighted by atomic mass is 10.3. The average Bonchev–Trinajstić information content (AvgIpc) is 2.05. The fourth-order valence-corrected chi connectivity index (χ4v) is 0.819. The number of nitrogens with two attached hydrogens (primary N) is 1. The summed E-state index contributed by atoms with van der Waals surface area (Å²) in [7, 11) is 0. The van der Waals surface area contributed by atoms with Crippen LogP contribution in [-0.4, -0.2) is 10.9 Å². The number of rotatable bonds is 1. The predicted molar refractivity (Wildman–Crippen MR) is 43.6 cm³/mol. The number of nitrogens with zero attached hydrogens (tertiary/aromatic N) is 1. The lowest BCUT2D eigenvalue weighted by Crippen LogP contribution is -2.30. The van der Waals surface area contributed by atoms with Crippen LogP contribution in [0.4, 0.5) is 0 Å². The zero-order valence-electron chi connectivity index (χ0n) is 5.54. The van der Waals surface area contributed by atoms with Crippen molar-refractivity contribution in [1.82, 2.24) is 10.4 Å². The molecule has 0 spiro atoms. The van der Waals surface area contributed by atoms with Gasteiger partial charge in [0.15, 0.2) is 0 Å². The molecule has 0 bridgehead atoms. The van der Waals surface area contributed by atoms with Crippen LogP contribution in [0.3, 0.4) is 0 Å². The van der Waals surface area contributed by atoms with E-state index in [1.54, 1.807) is 12.1 Å². The monoisotopic (exact) mass is 215 g/mol. The molecule has 1 rings (SSSR count). The summed E-state index contributed by atoms with van der Waals surface area (Å²) in [5.41, 5.74) is 2.29. The van der Waals surface area contributed by atoms with Crippen LogP contribution >= 0.6 is 15.9 Å². The first-order valence-corrected chi connectivity index (χ1v) is 3.66. The van der Waals surface area contributed by atoms with Gasteiger partial charge in [-0.1, -0.05) is 0 Å². The van der Waals surface area contributed by atoms with Gasteiger partial charge in [-0.05, 0) is 28.1 Å². The van der Waals surface area contributed by atoms with Crippen LogP contribution in [0.15, 0.2) is 22.8 Å². The number of aromatic nitrogens is 1. The van der Waals surface area contributed by atoms with Crippen LogP contribution in [-0.2, 0) is 0 Å². The van der Waals surface area contributed by atoms with Crippen molar-refractivity contribution in [3.05, 3.63) is 28.5 Å². The fraction of sp³-hybridized carbons (Fsp3) is 0. The number of halogens is 1. The third-order valence-corrected chi connectivity index (χ3v) is 1.56. The normalized spacial score (nSPS) is 9.27. The molecule has 0 aromatic carbocycles. The van der Waals surface area contributed by atoms with Crippen molar-refractivity contribution < 1.29 is 4.79 Å². The minimum Gasteiger partial charge on any atom is -0.289 e. The highest BCUT2D eigenvalue weighted by atomic mass is 79.9. The Kier molecular flexibility index (Phi) is 2.56. The van der Waals surface area contributed by atoms with Gasteiger partial charge in [0.05, 0.1) is 0 Å². The van der Waals surface area contributed by atoms with Gasteiger partial charge in [0.1, 0.15) is 5.69 Å². The molecular formula is C6H6BrN3O. The van der Waals surface area contributed by atoms with E-state index in [-0.39, 0.29) is 0 Å². The maximum absolute atomic E-state index is 10.8. The Morgan fingerprint density at radius 1 is 1.64 bits per heavy atom. The maximum Gasteiger partial charge on any atom is 0.283 e. The summed E-state index contributed by atoms with van der Waals surface area (Å²) in [6, 6.07) is 3.30. The van der Waals surface area contributed by atoms with Crippen LogP contribution in [0, 0.1) is 0 Å². The van der Waals surface area contributed by atoms with E-state index in [1.165, 1.54) is 6.20 Å². The molecule has 11 heavy (non-hydrogen) atoms. The highest BCUT2D eigenvalue weighted by molar-refractivity contribution is 9.10. The Morgan fingerprint density at radius 2 is 2.36 bits per heavy atom. The molecule has 0 saturated carbocycles. The van der Waals surface area contributed by atoms with Gasteiger partial charge in [-0.2, -0.15) is 0 Å². The highest BCUT2D eigenvalue weighted by Gasteiger charge is 2.02. The van der Waals surface area contributed by atoms with Gasteiger partial charge >= 0.3 is 0 Å². The van der Waals surface area contributed by atoms with E-state index in [4.69, 9.17) is 5.84 Å². The molecule has 0 saturated heterocycles. The number of nitrogen functional groups attached to an aromatic ring is 1. The molecule has 3 N–H and O–H groups in total. The molecule has 58 valence electrons. The zero-order chi connectivity index (χ0) is 8.27. The van der Waals surface area contributed by atoms with Crippen molar-refractivity contribution in [3.63, 3.8) is 0 Å². The van der Waals surface area contributed by atoms with E-state index in [9.17, 15) is 4.79 Å². The molecule has 1 amide bonds. The second-order valence-corrected chi connectivity index (χ2v) is 2.75. The summed E-state index contributed by atoms with van der Waals surface area (Å²) in [5.74, 6) is 4.50. The minimum atomic E-state index is -0.391. The molecular weight excluding hydrogens is 210 g/mol. The SMILES string of the molecule is NNC(=O)c1ccc(Br)cn1. The lowest BCUT2D eigenvalue weighted by molar-refractivity contribution is 0.0948. The quantitative estimate of drug-likeness (QED) is 0.406. The number of carbonyl (C=O) groups excluding carboxylic acids is 1. The summed E-state index contributed by atoms with van der Waals surface area (Å²) in [6.45, 7) is 0. The van der Waals surface area contributed by atoms with Gasteiger partial charge in [0.2, 0.25) is 0 Å². The molecule has 1 heterocycles. The Hall–Kier alpha value is -0.940. The van der Waals surface area contributed by atoms with Crippen molar-refractivity contribution in [1.29, 1.82) is 0 Å². The summed E-state index contributed by atoms with van der Waals surface area (Å²) in [6.07, 6.45) is 1.53. The summed E-state index contributed by atoms with van der Waals surface area (Å²) >= 11 is 3.19. The Balaban J connectivity index is 2.90. The van der Waals surface area contributed by atoms with E-state index in [1.807, 2.05) is 5.43 Å². The van der Waals surface area contributed by atoms with Gasteiger partial charge < -0.3 is 0 Å². The number of carbonyl (C=O) groups is 1. The van der Waals surface area contributed by atoms with Crippen molar-refractivity contribution >= 4 is 21.8 Å². The van der Waals surface area contributed by atoms with Crippen molar-refractivity contribution in [2.24, 2.45) is 5.84 Å². The molecule has 1 aromatic heterocycles. The summed E-state index contributed by atoms with van der Waals surface area (Å²) in [5, 5.41) is 0. The molecule has 4 nitrogen and oxygen atoms in total. The van der Waals surface area contributed by atoms with E-state index >= 15 is 0 Å². The van der Waals surface area contributed by atoms with Crippen LogP contribution in [0.2, 0.25) is 0 Å². The molecule has 5 heteroatoms. The Bertz CT molecular complexity index is 259. The molecule has 0 atom stereocenters. The average molecular weight is 216 g/mol. The number of nitrogens with one attached hydrogen (secondary N) is 1. The topological polar surface area (TPSA) is 68.0 Å². The molecule has 0 radical (unpaired) electrons. The second-order valence-electron chi connectivity index (χ2n) is 1.84. The summed E-state index contributed by atoms with van der Waals surface area (Å²) < 4.78 is 0.825. The number of hydrogen-bond acceptors (Lipinski definition) is 3. The third-order valence-electron chi connectivity index (χ3n) is 1.09. The van der Waals surface area contributed by atoms with E-state index < -0.39 is 5.91 Å². The van der Waals surface area contributed by atoms with Crippen molar-refractivity contribution in [3.8, 4) is 0 Å². The van der Waals surface area contributed by atoms with Crippen molar-refractivity contribution in [2.75, 3.05) is 0 Å². The molecule has 0 aliphatic rings. The number of amides is 1. The Labute approximate surface area is 71.9 Å². The summed E-state index contributed by atoms with van der Waals surface area (Å²) in [4.78, 5) is 14.6. The van der Waals surface area contributed by atoms with Crippen LogP contribution in [0.5, 0.6) is 0 Å². The molecule has 0 aliphatic carbocycles. The smallest absolute Gasteiger partial charge is 0.283 e. The number of hydrazine groups is 1. The van der Waals surface area contributed by atoms with Gasteiger partial charge in [0, 0.05) is 10.7 Å². The molecule has 1 aromatic rings. The second kappa shape index (κ2) is 3.45. The van der Waals surface area contributed by atoms with Crippen LogP contribution in [0.25, 0.3) is 0 Å². The minimum absolute atomic E-state index is 0.302. The molecule has 0 aliphatic heterocycles. The van der Waals surface area contributed by atoms with Crippen LogP contribution in [0.1, 0.15) is 10.5 Å². The number of pyridine rings is 1. The Morgan fingerprint density at radius 3 is 2.82 bits per heavy atom. The van der Waals surface area contributed by atoms with Gasteiger partial charge in [-0.15, -0.1) is 0 Å². The van der Waals surface area contributed by atoms with Gasteiger partial charge in [0.25, 0.3) is 5.91 Å². The number of hydrogen-bond donors (Lipinski definition) is 2. The third kappa shape index (κ3) is 1.99. The van der Waals surface area contributed by atoms with E-state index in [0.29, 0.717) is 5.69 Å².